The molecule has 0 atom stereocenters. The Hall–Kier alpha value is -1.76. The molecule has 1 aliphatic rings. The van der Waals surface area contributed by atoms with E-state index < -0.39 is 6.03 Å². The zero-order chi connectivity index (χ0) is 8.27. The van der Waals surface area contributed by atoms with Gasteiger partial charge in [0.2, 0.25) is 0 Å². The normalized spacial score (nSPS) is 15.5. The van der Waals surface area contributed by atoms with E-state index in [0.717, 1.165) is 0 Å². The van der Waals surface area contributed by atoms with Crippen LogP contribution in [0.4, 0.5) is 4.79 Å². The lowest BCUT2D eigenvalue weighted by Gasteiger charge is -2.16. The van der Waals surface area contributed by atoms with Gasteiger partial charge < -0.3 is 5.73 Å². The molecule has 0 radical (unpaired) electrons. The van der Waals surface area contributed by atoms with Crippen molar-refractivity contribution in [2.24, 2.45) is 5.73 Å². The second kappa shape index (κ2) is 2.88. The molecular weight excluding hydrogens is 142 g/mol. The molecule has 0 aromatic rings. The predicted molar refractivity (Wildman–Crippen MR) is 39.1 cm³/mol. The van der Waals surface area contributed by atoms with Crippen LogP contribution < -0.4 is 5.73 Å². The lowest BCUT2D eigenvalue weighted by Crippen LogP contribution is -2.33. The van der Waals surface area contributed by atoms with Crippen molar-refractivity contribution in [3.05, 3.63) is 23.9 Å². The standard InChI is InChI=1S/C7H7N3O/c8-4-6-2-1-3-10(5-6)7(9)11/h1-3H,5H2,(H2,9,11). The molecule has 0 unspecified atom stereocenters. The third-order valence-electron chi connectivity index (χ3n) is 1.33. The second-order valence-corrected chi connectivity index (χ2v) is 2.11. The van der Waals surface area contributed by atoms with E-state index >= 15 is 0 Å². The van der Waals surface area contributed by atoms with Gasteiger partial charge in [-0.1, -0.05) is 0 Å². The largest absolute Gasteiger partial charge is 0.351 e. The summed E-state index contributed by atoms with van der Waals surface area (Å²) in [7, 11) is 0. The van der Waals surface area contributed by atoms with Crippen molar-refractivity contribution < 1.29 is 4.79 Å². The molecule has 0 spiro atoms. The van der Waals surface area contributed by atoms with Gasteiger partial charge in [-0.15, -0.1) is 0 Å². The number of nitrogens with zero attached hydrogens (tertiary/aromatic N) is 2. The minimum atomic E-state index is -0.540. The number of carbonyl (C=O) groups is 1. The Labute approximate surface area is 64.2 Å². The summed E-state index contributed by atoms with van der Waals surface area (Å²) in [5.74, 6) is 0. The SMILES string of the molecule is N#CC1=CC=CN(C(N)=O)C1. The van der Waals surface area contributed by atoms with Gasteiger partial charge in [-0.3, -0.25) is 4.90 Å². The van der Waals surface area contributed by atoms with Crippen LogP contribution in [0.25, 0.3) is 0 Å². The van der Waals surface area contributed by atoms with Crippen LogP contribution in [0.15, 0.2) is 23.9 Å². The van der Waals surface area contributed by atoms with E-state index in [1.165, 1.54) is 4.90 Å². The zero-order valence-corrected chi connectivity index (χ0v) is 5.82. The number of carbonyl (C=O) groups excluding carboxylic acids is 1. The van der Waals surface area contributed by atoms with Gasteiger partial charge >= 0.3 is 6.03 Å². The Morgan fingerprint density at radius 2 is 2.55 bits per heavy atom. The highest BCUT2D eigenvalue weighted by atomic mass is 16.2. The summed E-state index contributed by atoms with van der Waals surface area (Å²) < 4.78 is 0. The van der Waals surface area contributed by atoms with Crippen LogP contribution in [0.3, 0.4) is 0 Å². The molecule has 0 aromatic carbocycles. The van der Waals surface area contributed by atoms with Gasteiger partial charge in [-0.25, -0.2) is 4.79 Å². The molecule has 1 heterocycles. The van der Waals surface area contributed by atoms with Gasteiger partial charge in [0, 0.05) is 11.8 Å². The number of urea groups is 1. The Balaban J connectivity index is 2.71. The summed E-state index contributed by atoms with van der Waals surface area (Å²) in [6.07, 6.45) is 4.81. The van der Waals surface area contributed by atoms with Crippen molar-refractivity contribution in [2.45, 2.75) is 0 Å². The van der Waals surface area contributed by atoms with Crippen LogP contribution in [-0.2, 0) is 0 Å². The molecule has 0 bridgehead atoms. The van der Waals surface area contributed by atoms with E-state index in [2.05, 4.69) is 0 Å². The summed E-state index contributed by atoms with van der Waals surface area (Å²) in [5, 5.41) is 8.46. The number of amides is 2. The van der Waals surface area contributed by atoms with Gasteiger partial charge in [0.1, 0.15) is 0 Å². The van der Waals surface area contributed by atoms with Gasteiger partial charge in [-0.05, 0) is 12.2 Å². The fourth-order valence-electron chi connectivity index (χ4n) is 0.776. The number of allylic oxidation sites excluding steroid dienone is 2. The topological polar surface area (TPSA) is 70.1 Å². The Morgan fingerprint density at radius 1 is 1.82 bits per heavy atom. The smallest absolute Gasteiger partial charge is 0.319 e. The zero-order valence-electron chi connectivity index (χ0n) is 5.82. The highest BCUT2D eigenvalue weighted by molar-refractivity contribution is 5.74. The van der Waals surface area contributed by atoms with Crippen LogP contribution in [0.1, 0.15) is 0 Å². The number of hydrogen-bond acceptors (Lipinski definition) is 2. The summed E-state index contributed by atoms with van der Waals surface area (Å²) in [4.78, 5) is 11.9. The summed E-state index contributed by atoms with van der Waals surface area (Å²) in [6.45, 7) is 0.280. The number of primary amides is 1. The Morgan fingerprint density at radius 3 is 3.09 bits per heavy atom. The summed E-state index contributed by atoms with van der Waals surface area (Å²) in [6, 6.07) is 1.41. The first-order valence-electron chi connectivity index (χ1n) is 3.07. The van der Waals surface area contributed by atoms with Crippen LogP contribution in [0.2, 0.25) is 0 Å². The van der Waals surface area contributed by atoms with Crippen molar-refractivity contribution in [2.75, 3.05) is 6.54 Å². The van der Waals surface area contributed by atoms with Gasteiger partial charge in [0.25, 0.3) is 0 Å². The number of rotatable bonds is 0. The first-order valence-corrected chi connectivity index (χ1v) is 3.07. The van der Waals surface area contributed by atoms with Crippen LogP contribution in [0.5, 0.6) is 0 Å². The van der Waals surface area contributed by atoms with E-state index in [1.807, 2.05) is 6.07 Å². The number of nitriles is 1. The van der Waals surface area contributed by atoms with Crippen molar-refractivity contribution in [3.8, 4) is 6.07 Å². The predicted octanol–water partition coefficient (Wildman–Crippen LogP) is 0.344. The molecule has 2 amide bonds. The van der Waals surface area contributed by atoms with Crippen molar-refractivity contribution >= 4 is 6.03 Å². The minimum Gasteiger partial charge on any atom is -0.351 e. The lowest BCUT2D eigenvalue weighted by molar-refractivity contribution is 0.227. The fraction of sp³-hybridized carbons (Fsp3) is 0.143. The maximum absolute atomic E-state index is 10.6. The van der Waals surface area contributed by atoms with Crippen molar-refractivity contribution in [1.29, 1.82) is 5.26 Å². The average Bonchev–Trinajstić information content (AvgIpc) is 2.05. The van der Waals surface area contributed by atoms with Gasteiger partial charge in [0.05, 0.1) is 12.6 Å². The van der Waals surface area contributed by atoms with Crippen molar-refractivity contribution in [1.82, 2.24) is 4.90 Å². The molecule has 56 valence electrons. The molecule has 0 aromatic heterocycles. The molecule has 4 nitrogen and oxygen atoms in total. The van der Waals surface area contributed by atoms with Crippen LogP contribution in [-0.4, -0.2) is 17.5 Å². The molecule has 4 heteroatoms. The fourth-order valence-corrected chi connectivity index (χ4v) is 0.776. The quantitative estimate of drug-likeness (QED) is 0.539. The van der Waals surface area contributed by atoms with Crippen LogP contribution >= 0.6 is 0 Å². The van der Waals surface area contributed by atoms with E-state index in [9.17, 15) is 4.79 Å². The molecular formula is C7H7N3O. The maximum Gasteiger partial charge on any atom is 0.319 e. The summed E-state index contributed by atoms with van der Waals surface area (Å²) in [5.41, 5.74) is 5.52. The first kappa shape index (κ1) is 7.35. The minimum absolute atomic E-state index is 0.280. The molecule has 1 aliphatic heterocycles. The molecule has 0 aliphatic carbocycles. The Bertz CT molecular complexity index is 272. The first-order chi connectivity index (χ1) is 5.24. The lowest BCUT2D eigenvalue weighted by atomic mass is 10.2. The number of nitrogens with two attached hydrogens (primary N) is 1. The second-order valence-electron chi connectivity index (χ2n) is 2.11. The van der Waals surface area contributed by atoms with E-state index in [-0.39, 0.29) is 6.54 Å². The van der Waals surface area contributed by atoms with E-state index in [0.29, 0.717) is 5.57 Å². The van der Waals surface area contributed by atoms with Crippen LogP contribution in [0, 0.1) is 11.3 Å². The van der Waals surface area contributed by atoms with Gasteiger partial charge in [-0.2, -0.15) is 5.26 Å². The molecule has 2 N–H and O–H groups in total. The summed E-state index contributed by atoms with van der Waals surface area (Å²) >= 11 is 0. The molecule has 0 fully saturated rings. The average molecular weight is 149 g/mol. The van der Waals surface area contributed by atoms with Crippen molar-refractivity contribution in [3.63, 3.8) is 0 Å². The highest BCUT2D eigenvalue weighted by Crippen LogP contribution is 2.04. The van der Waals surface area contributed by atoms with E-state index in [4.69, 9.17) is 11.0 Å². The molecule has 0 saturated heterocycles. The third-order valence-corrected chi connectivity index (χ3v) is 1.33. The van der Waals surface area contributed by atoms with E-state index in [1.54, 1.807) is 18.4 Å². The monoisotopic (exact) mass is 149 g/mol. The molecule has 1 rings (SSSR count). The third kappa shape index (κ3) is 1.58. The highest BCUT2D eigenvalue weighted by Gasteiger charge is 2.10. The van der Waals surface area contributed by atoms with Gasteiger partial charge in [0.15, 0.2) is 0 Å². The Kier molecular flexibility index (Phi) is 1.93. The molecule has 11 heavy (non-hydrogen) atoms. The number of hydrogen-bond donors (Lipinski definition) is 1. The molecule has 0 saturated carbocycles. The maximum atomic E-state index is 10.6.